The lowest BCUT2D eigenvalue weighted by Crippen LogP contribution is -2.20. The van der Waals surface area contributed by atoms with Crippen LogP contribution in [0.15, 0.2) is 18.2 Å². The standard InChI is InChI=1S/C16H24N2O3/c1-3-21-16-9-14(8-15(10-16)18(19)20)17-11-13-6-4-12(2)5-7-13/h8-10,12-13,17H,3-7,11H2,1-2H3. The first-order valence-corrected chi connectivity index (χ1v) is 7.74. The third-order valence-corrected chi connectivity index (χ3v) is 4.14. The zero-order valence-corrected chi connectivity index (χ0v) is 12.8. The molecule has 1 aromatic rings. The highest BCUT2D eigenvalue weighted by Crippen LogP contribution is 2.30. The van der Waals surface area contributed by atoms with E-state index in [1.54, 1.807) is 6.07 Å². The average molecular weight is 292 g/mol. The van der Waals surface area contributed by atoms with Crippen molar-refractivity contribution in [2.45, 2.75) is 39.5 Å². The van der Waals surface area contributed by atoms with Crippen molar-refractivity contribution in [2.75, 3.05) is 18.5 Å². The first kappa shape index (κ1) is 15.6. The maximum absolute atomic E-state index is 11.0. The van der Waals surface area contributed by atoms with Crippen molar-refractivity contribution in [2.24, 2.45) is 11.8 Å². The number of ether oxygens (including phenoxy) is 1. The molecule has 0 aliphatic heterocycles. The molecule has 1 aliphatic rings. The fraction of sp³-hybridized carbons (Fsp3) is 0.625. The Kier molecular flexibility index (Phi) is 5.42. The van der Waals surface area contributed by atoms with Gasteiger partial charge in [-0.2, -0.15) is 0 Å². The van der Waals surface area contributed by atoms with E-state index in [0.717, 1.165) is 18.2 Å². The maximum atomic E-state index is 11.0. The fourth-order valence-electron chi connectivity index (χ4n) is 2.84. The van der Waals surface area contributed by atoms with Gasteiger partial charge in [-0.1, -0.05) is 19.8 Å². The van der Waals surface area contributed by atoms with E-state index < -0.39 is 0 Å². The van der Waals surface area contributed by atoms with Gasteiger partial charge in [0.15, 0.2) is 0 Å². The number of anilines is 1. The summed E-state index contributed by atoms with van der Waals surface area (Å²) >= 11 is 0. The summed E-state index contributed by atoms with van der Waals surface area (Å²) in [5, 5.41) is 14.3. The lowest BCUT2D eigenvalue weighted by atomic mass is 9.83. The molecule has 1 N–H and O–H groups in total. The van der Waals surface area contributed by atoms with Crippen molar-refractivity contribution in [1.82, 2.24) is 0 Å². The molecule has 116 valence electrons. The van der Waals surface area contributed by atoms with Gasteiger partial charge in [0.2, 0.25) is 0 Å². The van der Waals surface area contributed by atoms with E-state index >= 15 is 0 Å². The lowest BCUT2D eigenvalue weighted by Gasteiger charge is -2.26. The Morgan fingerprint density at radius 1 is 1.29 bits per heavy atom. The van der Waals surface area contributed by atoms with Crippen LogP contribution < -0.4 is 10.1 Å². The number of rotatable bonds is 6. The molecule has 0 amide bonds. The number of nitro benzene ring substituents is 1. The van der Waals surface area contributed by atoms with Crippen molar-refractivity contribution < 1.29 is 9.66 Å². The molecule has 0 saturated heterocycles. The molecule has 1 fully saturated rings. The summed E-state index contributed by atoms with van der Waals surface area (Å²) in [6.45, 7) is 5.55. The first-order valence-electron chi connectivity index (χ1n) is 7.74. The van der Waals surface area contributed by atoms with Crippen LogP contribution in [-0.2, 0) is 0 Å². The van der Waals surface area contributed by atoms with Gasteiger partial charge < -0.3 is 10.1 Å². The van der Waals surface area contributed by atoms with Crippen LogP contribution in [0.3, 0.4) is 0 Å². The van der Waals surface area contributed by atoms with Crippen LogP contribution in [0.5, 0.6) is 5.75 Å². The first-order chi connectivity index (χ1) is 10.1. The highest BCUT2D eigenvalue weighted by atomic mass is 16.6. The molecule has 2 rings (SSSR count). The van der Waals surface area contributed by atoms with Crippen molar-refractivity contribution in [3.05, 3.63) is 28.3 Å². The third kappa shape index (κ3) is 4.62. The quantitative estimate of drug-likeness (QED) is 0.629. The second-order valence-electron chi connectivity index (χ2n) is 5.91. The summed E-state index contributed by atoms with van der Waals surface area (Å²) in [6, 6.07) is 4.88. The van der Waals surface area contributed by atoms with Crippen LogP contribution in [0.25, 0.3) is 0 Å². The van der Waals surface area contributed by atoms with Crippen molar-refractivity contribution >= 4 is 11.4 Å². The van der Waals surface area contributed by atoms with Crippen LogP contribution in [0, 0.1) is 22.0 Å². The van der Waals surface area contributed by atoms with E-state index in [9.17, 15) is 10.1 Å². The Morgan fingerprint density at radius 3 is 2.62 bits per heavy atom. The SMILES string of the molecule is CCOc1cc(NCC2CCC(C)CC2)cc([N+](=O)[O-])c1. The molecule has 5 heteroatoms. The van der Waals surface area contributed by atoms with Gasteiger partial charge in [0.25, 0.3) is 5.69 Å². The molecule has 21 heavy (non-hydrogen) atoms. The number of nitro groups is 1. The predicted octanol–water partition coefficient (Wildman–Crippen LogP) is 4.23. The van der Waals surface area contributed by atoms with Gasteiger partial charge in [-0.25, -0.2) is 0 Å². The van der Waals surface area contributed by atoms with Crippen LogP contribution in [0.4, 0.5) is 11.4 Å². The number of non-ortho nitro benzene ring substituents is 1. The minimum absolute atomic E-state index is 0.0701. The Balaban J connectivity index is 1.99. The normalized spacial score (nSPS) is 21.8. The average Bonchev–Trinajstić information content (AvgIpc) is 2.47. The van der Waals surface area contributed by atoms with Gasteiger partial charge in [0, 0.05) is 24.4 Å². The summed E-state index contributed by atoms with van der Waals surface area (Å²) in [5.41, 5.74) is 0.840. The summed E-state index contributed by atoms with van der Waals surface area (Å²) in [5.74, 6) is 2.05. The largest absolute Gasteiger partial charge is 0.494 e. The zero-order chi connectivity index (χ0) is 15.2. The minimum atomic E-state index is -0.379. The van der Waals surface area contributed by atoms with Gasteiger partial charge in [0.05, 0.1) is 17.6 Å². The summed E-state index contributed by atoms with van der Waals surface area (Å²) in [6.07, 6.45) is 5.04. The molecule has 0 spiro atoms. The number of nitrogens with one attached hydrogen (secondary N) is 1. The molecule has 0 aromatic heterocycles. The zero-order valence-electron chi connectivity index (χ0n) is 12.8. The second kappa shape index (κ2) is 7.29. The number of nitrogens with zero attached hydrogens (tertiary/aromatic N) is 1. The van der Waals surface area contributed by atoms with E-state index in [-0.39, 0.29) is 10.6 Å². The van der Waals surface area contributed by atoms with E-state index in [1.165, 1.54) is 31.7 Å². The van der Waals surface area contributed by atoms with Gasteiger partial charge in [0.1, 0.15) is 5.75 Å². The maximum Gasteiger partial charge on any atom is 0.275 e. The van der Waals surface area contributed by atoms with Gasteiger partial charge in [-0.15, -0.1) is 0 Å². The molecule has 1 aromatic carbocycles. The van der Waals surface area contributed by atoms with Crippen molar-refractivity contribution in [3.8, 4) is 5.75 Å². The predicted molar refractivity (Wildman–Crippen MR) is 83.9 cm³/mol. The number of benzene rings is 1. The van der Waals surface area contributed by atoms with Gasteiger partial charge in [-0.05, 0) is 31.6 Å². The molecular weight excluding hydrogens is 268 g/mol. The van der Waals surface area contributed by atoms with E-state index in [2.05, 4.69) is 12.2 Å². The minimum Gasteiger partial charge on any atom is -0.494 e. The third-order valence-electron chi connectivity index (χ3n) is 4.14. The second-order valence-corrected chi connectivity index (χ2v) is 5.91. The molecule has 0 heterocycles. The molecule has 5 nitrogen and oxygen atoms in total. The molecule has 1 saturated carbocycles. The molecule has 0 atom stereocenters. The van der Waals surface area contributed by atoms with Crippen LogP contribution in [0.2, 0.25) is 0 Å². The van der Waals surface area contributed by atoms with E-state index in [1.807, 2.05) is 13.0 Å². The molecular formula is C16H24N2O3. The molecule has 1 aliphatic carbocycles. The molecule has 0 unspecified atom stereocenters. The Morgan fingerprint density at radius 2 is 2.00 bits per heavy atom. The smallest absolute Gasteiger partial charge is 0.275 e. The molecule has 0 bridgehead atoms. The molecule has 0 radical (unpaired) electrons. The Hall–Kier alpha value is -1.78. The summed E-state index contributed by atoms with van der Waals surface area (Å²) in [7, 11) is 0. The monoisotopic (exact) mass is 292 g/mol. The highest BCUT2D eigenvalue weighted by Gasteiger charge is 2.18. The summed E-state index contributed by atoms with van der Waals surface area (Å²) < 4.78 is 5.40. The van der Waals surface area contributed by atoms with Gasteiger partial charge in [-0.3, -0.25) is 10.1 Å². The highest BCUT2D eigenvalue weighted by molar-refractivity contribution is 5.56. The Bertz CT molecular complexity index is 482. The van der Waals surface area contributed by atoms with Gasteiger partial charge >= 0.3 is 0 Å². The fourth-order valence-corrected chi connectivity index (χ4v) is 2.84. The van der Waals surface area contributed by atoms with E-state index in [4.69, 9.17) is 4.74 Å². The number of hydrogen-bond acceptors (Lipinski definition) is 4. The van der Waals surface area contributed by atoms with E-state index in [0.29, 0.717) is 18.3 Å². The Labute approximate surface area is 125 Å². The lowest BCUT2D eigenvalue weighted by molar-refractivity contribution is -0.384. The van der Waals surface area contributed by atoms with Crippen LogP contribution in [-0.4, -0.2) is 18.1 Å². The number of hydrogen-bond donors (Lipinski definition) is 1. The topological polar surface area (TPSA) is 64.4 Å². The van der Waals surface area contributed by atoms with Crippen LogP contribution >= 0.6 is 0 Å². The van der Waals surface area contributed by atoms with Crippen molar-refractivity contribution in [3.63, 3.8) is 0 Å². The summed E-state index contributed by atoms with van der Waals surface area (Å²) in [4.78, 5) is 10.6. The van der Waals surface area contributed by atoms with Crippen LogP contribution in [0.1, 0.15) is 39.5 Å². The van der Waals surface area contributed by atoms with Crippen molar-refractivity contribution in [1.29, 1.82) is 0 Å².